The third kappa shape index (κ3) is 3.57. The molecule has 0 radical (unpaired) electrons. The van der Waals surface area contributed by atoms with E-state index in [9.17, 15) is 4.79 Å². The van der Waals surface area contributed by atoms with Crippen molar-refractivity contribution in [3.63, 3.8) is 0 Å². The Labute approximate surface area is 125 Å². The summed E-state index contributed by atoms with van der Waals surface area (Å²) in [5.74, 6) is 0.851. The molecule has 3 rings (SSSR count). The maximum absolute atomic E-state index is 12.1. The number of amides is 1. The standard InChI is InChI=1S/C17H21N3O/c1-12-6-8-13(9-7-12)20-17(21)10-14-11-18-15-4-2-3-5-16(15)19-14/h2-5,11-13H,6-10H2,1H3,(H,20,21). The molecular formula is C17H21N3O. The van der Waals surface area contributed by atoms with Crippen LogP contribution in [0.5, 0.6) is 0 Å². The highest BCUT2D eigenvalue weighted by atomic mass is 16.1. The summed E-state index contributed by atoms with van der Waals surface area (Å²) in [5, 5.41) is 3.13. The van der Waals surface area contributed by atoms with Gasteiger partial charge in [0.25, 0.3) is 0 Å². The zero-order chi connectivity index (χ0) is 14.7. The first-order valence-corrected chi connectivity index (χ1v) is 7.71. The molecule has 1 amide bonds. The zero-order valence-corrected chi connectivity index (χ0v) is 12.4. The van der Waals surface area contributed by atoms with Gasteiger partial charge >= 0.3 is 0 Å². The Morgan fingerprint density at radius 3 is 2.67 bits per heavy atom. The normalized spacial score (nSPS) is 22.1. The van der Waals surface area contributed by atoms with Crippen LogP contribution in [0, 0.1) is 5.92 Å². The molecule has 0 atom stereocenters. The third-order valence-electron chi connectivity index (χ3n) is 4.22. The summed E-state index contributed by atoms with van der Waals surface area (Å²) in [6, 6.07) is 8.06. The third-order valence-corrected chi connectivity index (χ3v) is 4.22. The van der Waals surface area contributed by atoms with Crippen molar-refractivity contribution in [2.75, 3.05) is 0 Å². The number of hydrogen-bond donors (Lipinski definition) is 1. The van der Waals surface area contributed by atoms with Crippen molar-refractivity contribution in [1.29, 1.82) is 0 Å². The minimum absolute atomic E-state index is 0.0548. The van der Waals surface area contributed by atoms with E-state index in [-0.39, 0.29) is 5.91 Å². The van der Waals surface area contributed by atoms with E-state index in [4.69, 9.17) is 0 Å². The van der Waals surface area contributed by atoms with E-state index in [0.717, 1.165) is 35.5 Å². The van der Waals surface area contributed by atoms with Crippen molar-refractivity contribution >= 4 is 16.9 Å². The van der Waals surface area contributed by atoms with Crippen LogP contribution in [-0.2, 0) is 11.2 Å². The molecule has 1 fully saturated rings. The van der Waals surface area contributed by atoms with Crippen LogP contribution in [0.2, 0.25) is 0 Å². The molecule has 21 heavy (non-hydrogen) atoms. The number of nitrogens with one attached hydrogen (secondary N) is 1. The van der Waals surface area contributed by atoms with E-state index in [0.29, 0.717) is 12.5 Å². The molecule has 1 saturated carbocycles. The van der Waals surface area contributed by atoms with Crippen molar-refractivity contribution in [2.45, 2.75) is 45.1 Å². The Kier molecular flexibility index (Phi) is 4.13. The molecule has 0 unspecified atom stereocenters. The number of carbonyl (C=O) groups excluding carboxylic acids is 1. The van der Waals surface area contributed by atoms with Gasteiger partial charge in [-0.1, -0.05) is 19.1 Å². The van der Waals surface area contributed by atoms with Gasteiger partial charge in [0.05, 0.1) is 23.1 Å². The summed E-state index contributed by atoms with van der Waals surface area (Å²) in [7, 11) is 0. The maximum Gasteiger partial charge on any atom is 0.226 e. The van der Waals surface area contributed by atoms with Gasteiger partial charge in [-0.3, -0.25) is 9.78 Å². The van der Waals surface area contributed by atoms with Gasteiger partial charge in [0.1, 0.15) is 0 Å². The molecule has 4 nitrogen and oxygen atoms in total. The molecule has 4 heteroatoms. The second-order valence-corrected chi connectivity index (χ2v) is 6.05. The number of nitrogens with zero attached hydrogens (tertiary/aromatic N) is 2. The first-order valence-electron chi connectivity index (χ1n) is 7.71. The fourth-order valence-corrected chi connectivity index (χ4v) is 2.93. The highest BCUT2D eigenvalue weighted by molar-refractivity contribution is 5.79. The molecule has 1 aliphatic rings. The number of para-hydroxylation sites is 2. The van der Waals surface area contributed by atoms with Crippen LogP contribution in [-0.4, -0.2) is 21.9 Å². The Balaban J connectivity index is 1.60. The van der Waals surface area contributed by atoms with Gasteiger partial charge in [0, 0.05) is 12.2 Å². The van der Waals surface area contributed by atoms with E-state index in [1.165, 1.54) is 12.8 Å². The Morgan fingerprint density at radius 1 is 1.19 bits per heavy atom. The molecule has 0 spiro atoms. The lowest BCUT2D eigenvalue weighted by molar-refractivity contribution is -0.121. The van der Waals surface area contributed by atoms with Gasteiger partial charge in [0.2, 0.25) is 5.91 Å². The Morgan fingerprint density at radius 2 is 1.90 bits per heavy atom. The monoisotopic (exact) mass is 283 g/mol. The zero-order valence-electron chi connectivity index (χ0n) is 12.4. The fourth-order valence-electron chi connectivity index (χ4n) is 2.93. The minimum Gasteiger partial charge on any atom is -0.353 e. The summed E-state index contributed by atoms with van der Waals surface area (Å²) in [6.45, 7) is 2.28. The lowest BCUT2D eigenvalue weighted by atomic mass is 9.87. The van der Waals surface area contributed by atoms with Crippen molar-refractivity contribution in [1.82, 2.24) is 15.3 Å². The molecule has 1 aromatic carbocycles. The second-order valence-electron chi connectivity index (χ2n) is 6.05. The van der Waals surface area contributed by atoms with Crippen LogP contribution >= 0.6 is 0 Å². The van der Waals surface area contributed by atoms with E-state index in [2.05, 4.69) is 22.2 Å². The lowest BCUT2D eigenvalue weighted by Gasteiger charge is -2.26. The Hall–Kier alpha value is -1.97. The summed E-state index contributed by atoms with van der Waals surface area (Å²) >= 11 is 0. The molecule has 0 aliphatic heterocycles. The summed E-state index contributed by atoms with van der Waals surface area (Å²) in [6.07, 6.45) is 6.61. The second kappa shape index (κ2) is 6.20. The first kappa shape index (κ1) is 14.0. The molecule has 0 bridgehead atoms. The number of hydrogen-bond acceptors (Lipinski definition) is 3. The highest BCUT2D eigenvalue weighted by Crippen LogP contribution is 2.23. The quantitative estimate of drug-likeness (QED) is 0.942. The molecule has 2 aromatic rings. The molecular weight excluding hydrogens is 262 g/mol. The van der Waals surface area contributed by atoms with Crippen molar-refractivity contribution < 1.29 is 4.79 Å². The van der Waals surface area contributed by atoms with Gasteiger partial charge < -0.3 is 5.32 Å². The van der Waals surface area contributed by atoms with E-state index in [1.807, 2.05) is 24.3 Å². The largest absolute Gasteiger partial charge is 0.353 e. The molecule has 1 N–H and O–H groups in total. The van der Waals surface area contributed by atoms with Gasteiger partial charge in [-0.2, -0.15) is 0 Å². The van der Waals surface area contributed by atoms with Gasteiger partial charge in [0.15, 0.2) is 0 Å². The van der Waals surface area contributed by atoms with Crippen molar-refractivity contribution in [3.8, 4) is 0 Å². The summed E-state index contributed by atoms with van der Waals surface area (Å²) < 4.78 is 0. The molecule has 1 aromatic heterocycles. The average Bonchev–Trinajstić information content (AvgIpc) is 2.49. The van der Waals surface area contributed by atoms with Crippen LogP contribution < -0.4 is 5.32 Å². The lowest BCUT2D eigenvalue weighted by Crippen LogP contribution is -2.38. The first-order chi connectivity index (χ1) is 10.2. The van der Waals surface area contributed by atoms with Crippen LogP contribution in [0.25, 0.3) is 11.0 Å². The van der Waals surface area contributed by atoms with Crippen LogP contribution in [0.4, 0.5) is 0 Å². The summed E-state index contributed by atoms with van der Waals surface area (Å²) in [5.41, 5.74) is 2.44. The minimum atomic E-state index is 0.0548. The Bertz CT molecular complexity index is 633. The number of carbonyl (C=O) groups is 1. The number of benzene rings is 1. The maximum atomic E-state index is 12.1. The molecule has 110 valence electrons. The topological polar surface area (TPSA) is 54.9 Å². The van der Waals surface area contributed by atoms with Crippen molar-refractivity contribution in [3.05, 3.63) is 36.2 Å². The van der Waals surface area contributed by atoms with E-state index >= 15 is 0 Å². The molecule has 0 saturated heterocycles. The van der Waals surface area contributed by atoms with Crippen LogP contribution in [0.15, 0.2) is 30.5 Å². The van der Waals surface area contributed by atoms with Crippen LogP contribution in [0.3, 0.4) is 0 Å². The fraction of sp³-hybridized carbons (Fsp3) is 0.471. The smallest absolute Gasteiger partial charge is 0.226 e. The summed E-state index contributed by atoms with van der Waals surface area (Å²) in [4.78, 5) is 21.0. The van der Waals surface area contributed by atoms with Gasteiger partial charge in [-0.25, -0.2) is 4.98 Å². The predicted molar refractivity (Wildman–Crippen MR) is 82.8 cm³/mol. The molecule has 1 heterocycles. The number of rotatable bonds is 3. The van der Waals surface area contributed by atoms with E-state index in [1.54, 1.807) is 6.20 Å². The van der Waals surface area contributed by atoms with Crippen LogP contribution in [0.1, 0.15) is 38.3 Å². The van der Waals surface area contributed by atoms with Crippen molar-refractivity contribution in [2.24, 2.45) is 5.92 Å². The van der Waals surface area contributed by atoms with Gasteiger partial charge in [-0.05, 0) is 43.7 Å². The van der Waals surface area contributed by atoms with Gasteiger partial charge in [-0.15, -0.1) is 0 Å². The average molecular weight is 283 g/mol. The highest BCUT2D eigenvalue weighted by Gasteiger charge is 2.19. The van der Waals surface area contributed by atoms with E-state index < -0.39 is 0 Å². The molecule has 1 aliphatic carbocycles. The predicted octanol–water partition coefficient (Wildman–Crippen LogP) is 2.87. The number of aromatic nitrogens is 2. The number of fused-ring (bicyclic) bond motifs is 1. The SMILES string of the molecule is CC1CCC(NC(=O)Cc2cnc3ccccc3n2)CC1.